The molecule has 2 saturated heterocycles. The van der Waals surface area contributed by atoms with Crippen molar-refractivity contribution in [1.29, 1.82) is 0 Å². The molecule has 0 saturated carbocycles. The van der Waals surface area contributed by atoms with Crippen molar-refractivity contribution in [3.05, 3.63) is 23.9 Å². The van der Waals surface area contributed by atoms with Gasteiger partial charge in [0.2, 0.25) is 5.91 Å². The van der Waals surface area contributed by atoms with E-state index in [9.17, 15) is 19.5 Å². The van der Waals surface area contributed by atoms with E-state index in [-0.39, 0.29) is 47.5 Å². The molecule has 0 spiro atoms. The molecule has 9 heteroatoms. The summed E-state index contributed by atoms with van der Waals surface area (Å²) in [7, 11) is -1.26. The van der Waals surface area contributed by atoms with Crippen LogP contribution in [0.1, 0.15) is 46.5 Å². The van der Waals surface area contributed by atoms with Gasteiger partial charge in [-0.2, -0.15) is 0 Å². The van der Waals surface area contributed by atoms with Crippen molar-refractivity contribution < 1.29 is 28.7 Å². The highest BCUT2D eigenvalue weighted by Crippen LogP contribution is 2.51. The Kier molecular flexibility index (Phi) is 7.73. The number of piperidine rings is 1. The van der Waals surface area contributed by atoms with E-state index >= 15 is 0 Å². The number of fused-ring (bicyclic) bond motifs is 1. The molecule has 8 nitrogen and oxygen atoms in total. The van der Waals surface area contributed by atoms with Gasteiger partial charge in [0, 0.05) is 13.2 Å². The number of carbonyl (C=O) groups excluding carboxylic acids is 2. The minimum absolute atomic E-state index is 0.00411. The SMILES string of the molecule is C=CCOC(=O)N1CCCCC1C1=C(C(=O)O)N2C(=O)[C@@H]([C@@H](CO[SiH](C)C)C(C)(C)C)[C@H]2C1. The normalized spacial score (nSPS) is 26.2. The van der Waals surface area contributed by atoms with Crippen LogP contribution < -0.4 is 0 Å². The van der Waals surface area contributed by atoms with Crippen LogP contribution in [0, 0.1) is 17.3 Å². The highest BCUT2D eigenvalue weighted by atomic mass is 28.3. The van der Waals surface area contributed by atoms with Crippen LogP contribution in [-0.2, 0) is 18.8 Å². The van der Waals surface area contributed by atoms with Gasteiger partial charge in [0.05, 0.1) is 18.0 Å². The third-order valence-electron chi connectivity index (χ3n) is 7.06. The quantitative estimate of drug-likeness (QED) is 0.326. The van der Waals surface area contributed by atoms with Gasteiger partial charge >= 0.3 is 12.1 Å². The first kappa shape index (κ1) is 25.5. The number of carboxylic acid groups (broad SMARTS) is 1. The van der Waals surface area contributed by atoms with E-state index in [1.54, 1.807) is 4.90 Å². The van der Waals surface area contributed by atoms with Gasteiger partial charge in [-0.15, -0.1) is 0 Å². The molecule has 4 atom stereocenters. The zero-order valence-electron chi connectivity index (χ0n) is 20.5. The predicted octanol–water partition coefficient (Wildman–Crippen LogP) is 3.40. The molecule has 3 aliphatic heterocycles. The number of carbonyl (C=O) groups is 3. The molecular formula is C24H38N2O6Si. The minimum atomic E-state index is -1.26. The summed E-state index contributed by atoms with van der Waals surface area (Å²) in [4.78, 5) is 41.4. The summed E-state index contributed by atoms with van der Waals surface area (Å²) in [5, 5.41) is 10.1. The first-order chi connectivity index (χ1) is 15.5. The summed E-state index contributed by atoms with van der Waals surface area (Å²) in [5.74, 6) is -1.54. The Balaban J connectivity index is 1.89. The zero-order chi connectivity index (χ0) is 24.5. The number of β-lactam (4-membered cyclic amide) rings is 1. The van der Waals surface area contributed by atoms with Crippen molar-refractivity contribution in [1.82, 2.24) is 9.80 Å². The van der Waals surface area contributed by atoms with Crippen molar-refractivity contribution in [3.8, 4) is 0 Å². The molecule has 3 heterocycles. The summed E-state index contributed by atoms with van der Waals surface area (Å²) < 4.78 is 11.3. The van der Waals surface area contributed by atoms with Crippen LogP contribution in [-0.4, -0.2) is 73.8 Å². The lowest BCUT2D eigenvalue weighted by atomic mass is 9.66. The zero-order valence-corrected chi connectivity index (χ0v) is 21.7. The molecule has 2 fully saturated rings. The molecule has 0 aliphatic carbocycles. The molecule has 1 unspecified atom stereocenters. The van der Waals surface area contributed by atoms with E-state index in [2.05, 4.69) is 40.4 Å². The van der Waals surface area contributed by atoms with Crippen LogP contribution in [0.25, 0.3) is 0 Å². The Morgan fingerprint density at radius 3 is 2.58 bits per heavy atom. The van der Waals surface area contributed by atoms with Gasteiger partial charge in [0.25, 0.3) is 0 Å². The second kappa shape index (κ2) is 10.0. The van der Waals surface area contributed by atoms with Gasteiger partial charge in [0.15, 0.2) is 9.04 Å². The van der Waals surface area contributed by atoms with Gasteiger partial charge < -0.3 is 24.1 Å². The average molecular weight is 479 g/mol. The van der Waals surface area contributed by atoms with Crippen molar-refractivity contribution in [2.24, 2.45) is 17.3 Å². The Labute approximate surface area is 198 Å². The second-order valence-corrected chi connectivity index (χ2v) is 13.0. The Morgan fingerprint density at radius 1 is 1.30 bits per heavy atom. The third kappa shape index (κ3) is 5.04. The van der Waals surface area contributed by atoms with Crippen molar-refractivity contribution >= 4 is 27.0 Å². The van der Waals surface area contributed by atoms with Crippen molar-refractivity contribution in [2.45, 2.75) is 71.6 Å². The molecule has 0 aromatic heterocycles. The summed E-state index contributed by atoms with van der Waals surface area (Å²) in [6, 6.07) is -0.568. The van der Waals surface area contributed by atoms with Crippen LogP contribution in [0.2, 0.25) is 13.1 Å². The first-order valence-electron chi connectivity index (χ1n) is 11.9. The number of aliphatic carboxylic acids is 1. The van der Waals surface area contributed by atoms with Gasteiger partial charge in [0.1, 0.15) is 12.3 Å². The van der Waals surface area contributed by atoms with Gasteiger partial charge in [-0.25, -0.2) is 9.59 Å². The largest absolute Gasteiger partial charge is 0.477 e. The number of hydrogen-bond acceptors (Lipinski definition) is 5. The summed E-state index contributed by atoms with van der Waals surface area (Å²) in [6.45, 7) is 15.2. The van der Waals surface area contributed by atoms with E-state index in [1.807, 2.05) is 0 Å². The van der Waals surface area contributed by atoms with Crippen molar-refractivity contribution in [3.63, 3.8) is 0 Å². The smallest absolute Gasteiger partial charge is 0.410 e. The van der Waals surface area contributed by atoms with Gasteiger partial charge in [-0.3, -0.25) is 4.79 Å². The highest BCUT2D eigenvalue weighted by Gasteiger charge is 2.60. The Hall–Kier alpha value is -2.13. The molecular weight excluding hydrogens is 440 g/mol. The maximum Gasteiger partial charge on any atom is 0.410 e. The van der Waals surface area contributed by atoms with Crippen LogP contribution in [0.15, 0.2) is 23.9 Å². The minimum Gasteiger partial charge on any atom is -0.477 e. The lowest BCUT2D eigenvalue weighted by Crippen LogP contribution is -2.63. The summed E-state index contributed by atoms with van der Waals surface area (Å²) in [5.41, 5.74) is 0.569. The molecule has 3 rings (SSSR count). The molecule has 3 aliphatic rings. The first-order valence-corrected chi connectivity index (χ1v) is 14.7. The lowest BCUT2D eigenvalue weighted by Gasteiger charge is -2.50. The van der Waals surface area contributed by atoms with E-state index in [4.69, 9.17) is 9.16 Å². The van der Waals surface area contributed by atoms with Crippen LogP contribution in [0.3, 0.4) is 0 Å². The number of amides is 2. The number of nitrogens with zero attached hydrogens (tertiary/aromatic N) is 2. The molecule has 0 aromatic rings. The monoisotopic (exact) mass is 478 g/mol. The van der Waals surface area contributed by atoms with Crippen LogP contribution >= 0.6 is 0 Å². The van der Waals surface area contributed by atoms with Gasteiger partial charge in [-0.05, 0) is 55.7 Å². The van der Waals surface area contributed by atoms with Crippen LogP contribution in [0.5, 0.6) is 0 Å². The van der Waals surface area contributed by atoms with E-state index in [0.717, 1.165) is 12.8 Å². The summed E-state index contributed by atoms with van der Waals surface area (Å²) >= 11 is 0. The molecule has 184 valence electrons. The van der Waals surface area contributed by atoms with Crippen LogP contribution in [0.4, 0.5) is 4.79 Å². The van der Waals surface area contributed by atoms with Crippen molar-refractivity contribution in [2.75, 3.05) is 19.8 Å². The maximum absolute atomic E-state index is 13.3. The third-order valence-corrected chi connectivity index (χ3v) is 7.92. The predicted molar refractivity (Wildman–Crippen MR) is 127 cm³/mol. The number of rotatable bonds is 8. The number of hydrogen-bond donors (Lipinski definition) is 1. The summed E-state index contributed by atoms with van der Waals surface area (Å²) in [6.07, 6.45) is 3.92. The molecule has 1 N–H and O–H groups in total. The maximum atomic E-state index is 13.3. The fourth-order valence-corrected chi connectivity index (χ4v) is 6.02. The van der Waals surface area contributed by atoms with E-state index < -0.39 is 21.1 Å². The fraction of sp³-hybridized carbons (Fsp3) is 0.708. The Bertz CT molecular complexity index is 833. The average Bonchev–Trinajstić information content (AvgIpc) is 3.09. The topological polar surface area (TPSA) is 96.4 Å². The molecule has 2 amide bonds. The van der Waals surface area contributed by atoms with E-state index in [0.29, 0.717) is 31.6 Å². The second-order valence-electron chi connectivity index (χ2n) is 10.6. The number of carboxylic acids is 1. The molecule has 0 bridgehead atoms. The number of ether oxygens (including phenoxy) is 1. The number of likely N-dealkylation sites (tertiary alicyclic amines) is 1. The van der Waals surface area contributed by atoms with E-state index in [1.165, 1.54) is 11.0 Å². The standard InChI is InChI=1S/C24H38N2O6Si/c1-7-12-31-23(30)25-11-9-8-10-17(25)15-13-18-19(21(27)26(18)20(15)22(28)29)16(24(2,3)4)14-32-33(5)6/h7,16-19,33H,1,8-14H2,2-6H3,(H,28,29)/t16-,17?,18-,19+/m1/s1. The lowest BCUT2D eigenvalue weighted by molar-refractivity contribution is -0.162. The fourth-order valence-electron chi connectivity index (χ4n) is 5.43. The molecule has 33 heavy (non-hydrogen) atoms. The molecule has 0 aromatic carbocycles. The highest BCUT2D eigenvalue weighted by molar-refractivity contribution is 6.48. The Morgan fingerprint density at radius 2 is 2.00 bits per heavy atom. The molecule has 0 radical (unpaired) electrons. The van der Waals surface area contributed by atoms with Gasteiger partial charge in [-0.1, -0.05) is 33.4 Å².